The van der Waals surface area contributed by atoms with Gasteiger partial charge in [-0.05, 0) is 19.1 Å². The third kappa shape index (κ3) is 5.49. The van der Waals surface area contributed by atoms with Crippen molar-refractivity contribution in [3.05, 3.63) is 35.9 Å². The van der Waals surface area contributed by atoms with Gasteiger partial charge < -0.3 is 22.7 Å². The van der Waals surface area contributed by atoms with E-state index in [0.717, 1.165) is 5.56 Å². The Bertz CT molecular complexity index is 388. The summed E-state index contributed by atoms with van der Waals surface area (Å²) in [5.41, 5.74) is 0.962. The van der Waals surface area contributed by atoms with Crippen LogP contribution >= 0.6 is 0 Å². The first-order chi connectivity index (χ1) is 8.46. The summed E-state index contributed by atoms with van der Waals surface area (Å²) in [5.74, 6) is 0. The quantitative estimate of drug-likeness (QED) is 0.685. The van der Waals surface area contributed by atoms with Crippen molar-refractivity contribution in [3.63, 3.8) is 0 Å². The Balaban J connectivity index is 0.00000180. The minimum Gasteiger partial charge on any atom is -0.448 e. The Morgan fingerprint density at radius 1 is 1.16 bits per heavy atom. The molecular formula is C12H17BF3KN2. The van der Waals surface area contributed by atoms with Crippen molar-refractivity contribution in [2.45, 2.75) is 6.04 Å². The molecule has 1 fully saturated rings. The maximum absolute atomic E-state index is 12.6. The molecule has 0 spiro atoms. The fourth-order valence-corrected chi connectivity index (χ4v) is 2.43. The van der Waals surface area contributed by atoms with Crippen LogP contribution in [0.3, 0.4) is 0 Å². The van der Waals surface area contributed by atoms with Crippen molar-refractivity contribution in [1.82, 2.24) is 9.80 Å². The van der Waals surface area contributed by atoms with Crippen molar-refractivity contribution in [2.24, 2.45) is 0 Å². The van der Waals surface area contributed by atoms with Gasteiger partial charge in [0.05, 0.1) is 0 Å². The topological polar surface area (TPSA) is 6.48 Å². The van der Waals surface area contributed by atoms with Gasteiger partial charge >= 0.3 is 58.4 Å². The molecule has 7 heteroatoms. The van der Waals surface area contributed by atoms with Crippen LogP contribution in [-0.4, -0.2) is 49.9 Å². The minimum atomic E-state index is -4.77. The van der Waals surface area contributed by atoms with E-state index in [1.807, 2.05) is 37.4 Å². The molecule has 1 aromatic carbocycles. The zero-order chi connectivity index (χ0) is 13.2. The molecule has 0 aromatic heterocycles. The van der Waals surface area contributed by atoms with E-state index in [1.54, 1.807) is 4.90 Å². The van der Waals surface area contributed by atoms with Crippen LogP contribution in [0.2, 0.25) is 0 Å². The molecule has 19 heavy (non-hydrogen) atoms. The largest absolute Gasteiger partial charge is 1.00 e. The number of benzene rings is 1. The van der Waals surface area contributed by atoms with Crippen LogP contribution in [0.5, 0.6) is 0 Å². The van der Waals surface area contributed by atoms with Crippen LogP contribution in [0.15, 0.2) is 30.3 Å². The monoisotopic (exact) mass is 296 g/mol. The summed E-state index contributed by atoms with van der Waals surface area (Å²) in [6.07, 6.45) is -0.770. The molecule has 1 aliphatic rings. The van der Waals surface area contributed by atoms with Crippen LogP contribution in [-0.2, 0) is 0 Å². The van der Waals surface area contributed by atoms with E-state index in [-0.39, 0.29) is 57.4 Å². The number of piperazine rings is 1. The molecule has 2 nitrogen and oxygen atoms in total. The summed E-state index contributed by atoms with van der Waals surface area (Å²) in [5, 5.41) is 0. The SMILES string of the molecule is CN1CCN(C[B-](F)(F)F)C(c2ccccc2)C1.[K+]. The third-order valence-electron chi connectivity index (χ3n) is 3.32. The van der Waals surface area contributed by atoms with Crippen molar-refractivity contribution < 1.29 is 64.3 Å². The number of halogens is 3. The molecule has 1 unspecified atom stereocenters. The van der Waals surface area contributed by atoms with Crippen molar-refractivity contribution in [1.29, 1.82) is 0 Å². The van der Waals surface area contributed by atoms with E-state index in [1.165, 1.54) is 0 Å². The molecular weight excluding hydrogens is 279 g/mol. The Morgan fingerprint density at radius 3 is 2.37 bits per heavy atom. The first-order valence-corrected chi connectivity index (χ1v) is 6.14. The maximum Gasteiger partial charge on any atom is 1.00 e. The Labute approximate surface area is 154 Å². The first-order valence-electron chi connectivity index (χ1n) is 6.14. The number of nitrogens with zero attached hydrogens (tertiary/aromatic N) is 2. The van der Waals surface area contributed by atoms with Gasteiger partial charge in [0.2, 0.25) is 0 Å². The number of likely N-dealkylation sites (N-methyl/N-ethyl adjacent to an activating group) is 1. The normalized spacial score (nSPS) is 22.0. The van der Waals surface area contributed by atoms with Gasteiger partial charge in [-0.2, -0.15) is 0 Å². The Hall–Kier alpha value is 0.631. The average Bonchev–Trinajstić information content (AvgIpc) is 2.31. The van der Waals surface area contributed by atoms with Gasteiger partial charge in [-0.15, -0.1) is 0 Å². The standard InChI is InChI=1S/C12H17BF3N2.K/c1-17-7-8-18(10-13(14,15)16)12(9-17)11-5-3-2-4-6-11;/h2-6,12H,7-10H2,1H3;/q-1;+1. The zero-order valence-electron chi connectivity index (χ0n) is 11.4. The van der Waals surface area contributed by atoms with Crippen LogP contribution in [0.1, 0.15) is 11.6 Å². The minimum absolute atomic E-state index is 0. The predicted molar refractivity (Wildman–Crippen MR) is 67.3 cm³/mol. The van der Waals surface area contributed by atoms with Crippen molar-refractivity contribution in [2.75, 3.05) is 33.1 Å². The molecule has 1 aromatic rings. The van der Waals surface area contributed by atoms with Gasteiger partial charge in [-0.25, -0.2) is 0 Å². The second-order valence-corrected chi connectivity index (χ2v) is 4.89. The van der Waals surface area contributed by atoms with Crippen LogP contribution in [0.25, 0.3) is 0 Å². The van der Waals surface area contributed by atoms with Gasteiger partial charge in [0, 0.05) is 25.7 Å². The molecule has 0 amide bonds. The smallest absolute Gasteiger partial charge is 0.448 e. The summed E-state index contributed by atoms with van der Waals surface area (Å²) < 4.78 is 37.9. The van der Waals surface area contributed by atoms with E-state index in [9.17, 15) is 12.9 Å². The fourth-order valence-electron chi connectivity index (χ4n) is 2.43. The van der Waals surface area contributed by atoms with Gasteiger partial charge in [0.1, 0.15) is 0 Å². The van der Waals surface area contributed by atoms with Crippen LogP contribution in [0, 0.1) is 0 Å². The van der Waals surface area contributed by atoms with Gasteiger partial charge in [-0.1, -0.05) is 30.3 Å². The number of rotatable bonds is 3. The summed E-state index contributed by atoms with van der Waals surface area (Å²) in [6, 6.07) is 9.28. The van der Waals surface area contributed by atoms with Crippen LogP contribution < -0.4 is 51.4 Å². The molecule has 2 rings (SSSR count). The van der Waals surface area contributed by atoms with E-state index in [4.69, 9.17) is 0 Å². The van der Waals surface area contributed by atoms with Crippen LogP contribution in [0.4, 0.5) is 12.9 Å². The summed E-state index contributed by atoms with van der Waals surface area (Å²) in [7, 11) is 1.95. The Morgan fingerprint density at radius 2 is 1.79 bits per heavy atom. The Kier molecular flexibility index (Phi) is 7.06. The molecule has 1 atom stereocenters. The summed E-state index contributed by atoms with van der Waals surface area (Å²) in [6.45, 7) is -2.96. The molecule has 1 heterocycles. The number of hydrogen-bond donors (Lipinski definition) is 0. The second kappa shape index (κ2) is 7.59. The molecule has 0 N–H and O–H groups in total. The molecule has 1 saturated heterocycles. The molecule has 1 aliphatic heterocycles. The maximum atomic E-state index is 12.6. The second-order valence-electron chi connectivity index (χ2n) is 4.89. The molecule has 0 saturated carbocycles. The van der Waals surface area contributed by atoms with E-state index >= 15 is 0 Å². The first kappa shape index (κ1) is 17.7. The van der Waals surface area contributed by atoms with E-state index in [0.29, 0.717) is 19.6 Å². The van der Waals surface area contributed by atoms with Crippen molar-refractivity contribution >= 4 is 6.98 Å². The van der Waals surface area contributed by atoms with Crippen molar-refractivity contribution in [3.8, 4) is 0 Å². The fraction of sp³-hybridized carbons (Fsp3) is 0.500. The number of hydrogen-bond acceptors (Lipinski definition) is 2. The summed E-state index contributed by atoms with van der Waals surface area (Å²) >= 11 is 0. The molecule has 0 radical (unpaired) electrons. The molecule has 0 bridgehead atoms. The molecule has 100 valence electrons. The van der Waals surface area contributed by atoms with Gasteiger partial charge in [-0.3, -0.25) is 0 Å². The zero-order valence-corrected chi connectivity index (χ0v) is 14.5. The third-order valence-corrected chi connectivity index (χ3v) is 3.32. The molecule has 0 aliphatic carbocycles. The predicted octanol–water partition coefficient (Wildman–Crippen LogP) is -0.634. The van der Waals surface area contributed by atoms with Gasteiger partial charge in [0.25, 0.3) is 0 Å². The summed E-state index contributed by atoms with van der Waals surface area (Å²) in [4.78, 5) is 3.63. The average molecular weight is 296 g/mol. The van der Waals surface area contributed by atoms with E-state index in [2.05, 4.69) is 4.90 Å². The van der Waals surface area contributed by atoms with E-state index < -0.39 is 13.4 Å². The van der Waals surface area contributed by atoms with Gasteiger partial charge in [0.15, 0.2) is 0 Å².